The minimum atomic E-state index is -1.44. The summed E-state index contributed by atoms with van der Waals surface area (Å²) in [7, 11) is 0. The molecule has 5 atom stereocenters. The molecule has 3 N–H and O–H groups in total. The third-order valence-corrected chi connectivity index (χ3v) is 6.80. The molecule has 0 fully saturated rings. The lowest BCUT2D eigenvalue weighted by atomic mass is 9.82. The van der Waals surface area contributed by atoms with Crippen LogP contribution in [0.15, 0.2) is 48.5 Å². The first-order chi connectivity index (χ1) is 20.4. The maximum Gasteiger partial charge on any atom is 0.513 e. The van der Waals surface area contributed by atoms with Crippen LogP contribution in [0.1, 0.15) is 58.9 Å². The number of benzene rings is 2. The number of nitrogens with two attached hydrogens (primary N) is 1. The highest BCUT2D eigenvalue weighted by molar-refractivity contribution is 5.75. The van der Waals surface area contributed by atoms with Crippen molar-refractivity contribution in [3.8, 4) is 17.2 Å². The number of ether oxygens (including phenoxy) is 6. The van der Waals surface area contributed by atoms with Crippen LogP contribution in [0.4, 0.5) is 14.4 Å². The van der Waals surface area contributed by atoms with Gasteiger partial charge in [0, 0.05) is 5.92 Å². The van der Waals surface area contributed by atoms with E-state index in [1.807, 2.05) is 27.7 Å². The molecule has 0 aliphatic carbocycles. The predicted molar refractivity (Wildman–Crippen MR) is 155 cm³/mol. The van der Waals surface area contributed by atoms with Crippen molar-refractivity contribution in [2.75, 3.05) is 19.8 Å². The number of carbonyl (C=O) groups is 4. The van der Waals surface area contributed by atoms with E-state index < -0.39 is 42.3 Å². The largest absolute Gasteiger partial charge is 0.513 e. The Bertz CT molecular complexity index is 1200. The Kier molecular flexibility index (Phi) is 14.3. The highest BCUT2D eigenvalue weighted by Crippen LogP contribution is 2.36. The molecule has 236 valence electrons. The number of rotatable bonds is 15. The molecule has 2 aromatic carbocycles. The van der Waals surface area contributed by atoms with E-state index in [1.54, 1.807) is 37.3 Å². The van der Waals surface area contributed by atoms with Crippen molar-refractivity contribution in [2.45, 2.75) is 59.4 Å². The molecule has 12 heteroatoms. The lowest BCUT2D eigenvalue weighted by Crippen LogP contribution is -2.40. The highest BCUT2D eigenvalue weighted by Gasteiger charge is 2.33. The second kappa shape index (κ2) is 17.6. The van der Waals surface area contributed by atoms with E-state index in [0.717, 1.165) is 12.8 Å². The van der Waals surface area contributed by atoms with Gasteiger partial charge >= 0.3 is 24.4 Å². The molecule has 2 rings (SSSR count). The van der Waals surface area contributed by atoms with Crippen molar-refractivity contribution >= 4 is 24.4 Å². The van der Waals surface area contributed by atoms with E-state index in [9.17, 15) is 24.3 Å². The van der Waals surface area contributed by atoms with Crippen LogP contribution in [0.2, 0.25) is 0 Å². The van der Waals surface area contributed by atoms with E-state index >= 15 is 0 Å². The second-order valence-electron chi connectivity index (χ2n) is 10.4. The van der Waals surface area contributed by atoms with E-state index in [4.69, 9.17) is 34.2 Å². The Labute approximate surface area is 251 Å². The van der Waals surface area contributed by atoms with Gasteiger partial charge in [0.2, 0.25) is 0 Å². The summed E-state index contributed by atoms with van der Waals surface area (Å²) in [6.45, 7) is 9.31. The molecule has 0 bridgehead atoms. The Morgan fingerprint density at radius 1 is 0.721 bits per heavy atom. The monoisotopic (exact) mass is 603 g/mol. The number of aliphatic carboxylic acids is 1. The van der Waals surface area contributed by atoms with Crippen LogP contribution in [-0.2, 0) is 19.0 Å². The molecule has 12 nitrogen and oxygen atoms in total. The number of carboxylic acids is 1. The minimum Gasteiger partial charge on any atom is -0.480 e. The summed E-state index contributed by atoms with van der Waals surface area (Å²) < 4.78 is 31.3. The molecule has 4 unspecified atom stereocenters. The summed E-state index contributed by atoms with van der Waals surface area (Å²) in [5, 5.41) is 9.74. The van der Waals surface area contributed by atoms with Gasteiger partial charge in [-0.05, 0) is 47.6 Å². The van der Waals surface area contributed by atoms with Crippen molar-refractivity contribution in [3.63, 3.8) is 0 Å². The van der Waals surface area contributed by atoms with Crippen LogP contribution in [-0.4, -0.2) is 55.4 Å². The van der Waals surface area contributed by atoms with Crippen LogP contribution in [0.25, 0.3) is 0 Å². The van der Waals surface area contributed by atoms with Gasteiger partial charge in [-0.15, -0.1) is 0 Å². The SMILES string of the molecule is CCC(C)COC(=O)Oc1ccc(C(C(C)COC(=O)Oc2ccccc2)[C@H](N)C(=O)O)cc1OC(=O)OCC(C)CC. The second-order valence-corrected chi connectivity index (χ2v) is 10.4. The number of hydrogen-bond donors (Lipinski definition) is 2. The van der Waals surface area contributed by atoms with E-state index in [-0.39, 0.29) is 48.9 Å². The molecule has 0 heterocycles. The van der Waals surface area contributed by atoms with Gasteiger partial charge in [-0.1, -0.05) is 71.7 Å². The van der Waals surface area contributed by atoms with Gasteiger partial charge in [0.25, 0.3) is 0 Å². The third-order valence-electron chi connectivity index (χ3n) is 6.80. The maximum atomic E-state index is 12.5. The zero-order chi connectivity index (χ0) is 31.9. The number of para-hydroxylation sites is 1. The molecule has 0 radical (unpaired) electrons. The van der Waals surface area contributed by atoms with E-state index in [2.05, 4.69) is 0 Å². The quantitative estimate of drug-likeness (QED) is 0.135. The van der Waals surface area contributed by atoms with Crippen molar-refractivity contribution in [1.82, 2.24) is 0 Å². The first kappa shape index (κ1) is 34.9. The maximum absolute atomic E-state index is 12.5. The fourth-order valence-electron chi connectivity index (χ4n) is 3.75. The Morgan fingerprint density at radius 3 is 1.77 bits per heavy atom. The molecule has 0 saturated carbocycles. The Hall–Kier alpha value is -4.32. The van der Waals surface area contributed by atoms with E-state index in [0.29, 0.717) is 5.56 Å². The lowest BCUT2D eigenvalue weighted by molar-refractivity contribution is -0.139. The summed E-state index contributed by atoms with van der Waals surface area (Å²) in [5.74, 6) is -2.81. The van der Waals surface area contributed by atoms with Crippen molar-refractivity contribution in [2.24, 2.45) is 23.5 Å². The molecule has 2 aromatic rings. The number of carbonyl (C=O) groups excluding carboxylic acids is 3. The molecule has 43 heavy (non-hydrogen) atoms. The average Bonchev–Trinajstić information content (AvgIpc) is 2.99. The predicted octanol–water partition coefficient (Wildman–Crippen LogP) is 6.16. The smallest absolute Gasteiger partial charge is 0.480 e. The summed E-state index contributed by atoms with van der Waals surface area (Å²) in [6.07, 6.45) is -1.48. The average molecular weight is 604 g/mol. The molecule has 0 aliphatic rings. The Balaban J connectivity index is 2.31. The minimum absolute atomic E-state index is 0.0810. The fourth-order valence-corrected chi connectivity index (χ4v) is 3.75. The van der Waals surface area contributed by atoms with Crippen molar-refractivity contribution in [3.05, 3.63) is 54.1 Å². The third kappa shape index (κ3) is 11.8. The van der Waals surface area contributed by atoms with Gasteiger partial charge in [-0.2, -0.15) is 0 Å². The summed E-state index contributed by atoms with van der Waals surface area (Å²) in [6, 6.07) is 11.0. The van der Waals surface area contributed by atoms with Crippen LogP contribution in [0.5, 0.6) is 17.2 Å². The summed E-state index contributed by atoms with van der Waals surface area (Å²) in [5.41, 5.74) is 6.37. The molecule has 0 saturated heterocycles. The summed E-state index contributed by atoms with van der Waals surface area (Å²) >= 11 is 0. The molecule has 0 aliphatic heterocycles. The molecule has 0 amide bonds. The zero-order valence-electron chi connectivity index (χ0n) is 25.1. The first-order valence-corrected chi connectivity index (χ1v) is 14.2. The highest BCUT2D eigenvalue weighted by atomic mass is 16.7. The molecular weight excluding hydrogens is 562 g/mol. The van der Waals surface area contributed by atoms with Gasteiger partial charge < -0.3 is 39.3 Å². The summed E-state index contributed by atoms with van der Waals surface area (Å²) in [4.78, 5) is 49.0. The number of carboxylic acid groups (broad SMARTS) is 1. The Morgan fingerprint density at radius 2 is 1.23 bits per heavy atom. The van der Waals surface area contributed by atoms with Crippen molar-refractivity contribution in [1.29, 1.82) is 0 Å². The van der Waals surface area contributed by atoms with Gasteiger partial charge in [0.1, 0.15) is 11.8 Å². The van der Waals surface area contributed by atoms with Crippen LogP contribution in [0, 0.1) is 17.8 Å². The molecular formula is C31H41NO11. The molecule has 0 spiro atoms. The standard InChI is InChI=1S/C31H41NO11/c1-6-19(3)16-38-30(36)42-24-14-13-22(15-25(24)43-31(37)39-17-20(4)7-2)26(27(32)28(33)34)21(5)18-40-29(35)41-23-11-9-8-10-12-23/h8-15,19-21,26-27H,6-7,16-18,32H2,1-5H3,(H,33,34)/t19?,20?,21?,26?,27-/m0/s1. The van der Waals surface area contributed by atoms with Gasteiger partial charge in [0.05, 0.1) is 19.8 Å². The van der Waals surface area contributed by atoms with Crippen molar-refractivity contribution < 1.29 is 52.7 Å². The topological polar surface area (TPSA) is 170 Å². The van der Waals surface area contributed by atoms with E-state index in [1.165, 1.54) is 18.2 Å². The van der Waals surface area contributed by atoms with Crippen LogP contribution < -0.4 is 19.9 Å². The molecule has 0 aromatic heterocycles. The first-order valence-electron chi connectivity index (χ1n) is 14.2. The van der Waals surface area contributed by atoms with Gasteiger partial charge in [0.15, 0.2) is 11.5 Å². The van der Waals surface area contributed by atoms with Crippen LogP contribution >= 0.6 is 0 Å². The zero-order valence-corrected chi connectivity index (χ0v) is 25.1. The van der Waals surface area contributed by atoms with Gasteiger partial charge in [-0.3, -0.25) is 4.79 Å². The normalized spacial score (nSPS) is 14.3. The fraction of sp³-hybridized carbons (Fsp3) is 0.484. The van der Waals surface area contributed by atoms with Crippen LogP contribution in [0.3, 0.4) is 0 Å². The van der Waals surface area contributed by atoms with Gasteiger partial charge in [-0.25, -0.2) is 14.4 Å². The number of hydrogen-bond acceptors (Lipinski definition) is 11. The lowest BCUT2D eigenvalue weighted by Gasteiger charge is -2.27.